The van der Waals surface area contributed by atoms with E-state index in [-0.39, 0.29) is 18.3 Å². The number of pyridine rings is 1. The van der Waals surface area contributed by atoms with Crippen LogP contribution in [0.1, 0.15) is 16.7 Å². The fraction of sp³-hybridized carbons (Fsp3) is 0.273. The SMILES string of the molecule is COc1ccc(CCN2C(=O)C(=Cc3c(N4CCN(Cc5ccc6c(c5)OCO6)CC4)nc4ccccn4c3=O)SC2=S)cc1. The van der Waals surface area contributed by atoms with Crippen LogP contribution in [0.25, 0.3) is 11.7 Å². The molecule has 7 rings (SSSR count). The molecule has 4 aromatic rings. The minimum Gasteiger partial charge on any atom is -0.497 e. The molecule has 10 nitrogen and oxygen atoms in total. The number of carbonyl (C=O) groups is 1. The molecule has 0 unspecified atom stereocenters. The van der Waals surface area contributed by atoms with E-state index in [1.807, 2.05) is 48.5 Å². The minimum absolute atomic E-state index is 0.199. The summed E-state index contributed by atoms with van der Waals surface area (Å²) in [5.74, 6) is 2.72. The lowest BCUT2D eigenvalue weighted by Gasteiger charge is -2.36. The number of amides is 1. The number of carbonyl (C=O) groups excluding carboxylic acids is 1. The summed E-state index contributed by atoms with van der Waals surface area (Å²) < 4.78 is 18.2. The first-order chi connectivity index (χ1) is 22.0. The maximum absolute atomic E-state index is 13.9. The Kier molecular flexibility index (Phi) is 8.18. The van der Waals surface area contributed by atoms with Gasteiger partial charge in [-0.2, -0.15) is 0 Å². The Hall–Kier alpha value is -4.39. The van der Waals surface area contributed by atoms with Crippen LogP contribution >= 0.6 is 24.0 Å². The number of nitrogens with zero attached hydrogens (tertiary/aromatic N) is 5. The van der Waals surface area contributed by atoms with Crippen molar-refractivity contribution in [3.63, 3.8) is 0 Å². The van der Waals surface area contributed by atoms with Gasteiger partial charge in [-0.3, -0.25) is 23.8 Å². The van der Waals surface area contributed by atoms with E-state index >= 15 is 0 Å². The molecule has 2 saturated heterocycles. The number of anilines is 1. The zero-order valence-corrected chi connectivity index (χ0v) is 26.3. The highest BCUT2D eigenvalue weighted by Gasteiger charge is 2.33. The highest BCUT2D eigenvalue weighted by atomic mass is 32.2. The highest BCUT2D eigenvalue weighted by molar-refractivity contribution is 8.26. The molecular formula is C33H31N5O5S2. The van der Waals surface area contributed by atoms with Gasteiger partial charge in [-0.1, -0.05) is 48.2 Å². The number of piperazine rings is 1. The Bertz CT molecular complexity index is 1870. The number of hydrogen-bond donors (Lipinski definition) is 0. The van der Waals surface area contributed by atoms with Gasteiger partial charge in [0.1, 0.15) is 21.5 Å². The monoisotopic (exact) mass is 641 g/mol. The summed E-state index contributed by atoms with van der Waals surface area (Å²) in [6.07, 6.45) is 4.02. The molecule has 1 amide bonds. The molecule has 5 heterocycles. The highest BCUT2D eigenvalue weighted by Crippen LogP contribution is 2.35. The van der Waals surface area contributed by atoms with Gasteiger partial charge in [0.2, 0.25) is 6.79 Å². The lowest BCUT2D eigenvalue weighted by Crippen LogP contribution is -2.47. The first-order valence-corrected chi connectivity index (χ1v) is 15.9. The molecule has 0 radical (unpaired) electrons. The van der Waals surface area contributed by atoms with E-state index in [0.717, 1.165) is 48.0 Å². The van der Waals surface area contributed by atoms with Crippen molar-refractivity contribution in [2.75, 3.05) is 51.5 Å². The first-order valence-electron chi connectivity index (χ1n) is 14.7. The standard InChI is InChI=1S/C33H31N5O5S2/c1-41-24-8-5-22(6-9-24)11-13-38-32(40)28(45-33(38)44)19-25-30(34-29-4-2-3-12-37(29)31(25)39)36-16-14-35(15-17-36)20-23-7-10-26-27(18-23)43-21-42-26/h2-10,12,18-19H,11,13-17,20-21H2,1H3. The largest absolute Gasteiger partial charge is 0.497 e. The van der Waals surface area contributed by atoms with Crippen molar-refractivity contribution in [2.24, 2.45) is 0 Å². The van der Waals surface area contributed by atoms with Crippen molar-refractivity contribution in [3.8, 4) is 17.2 Å². The van der Waals surface area contributed by atoms with Crippen molar-refractivity contribution >= 4 is 51.7 Å². The Balaban J connectivity index is 1.11. The van der Waals surface area contributed by atoms with Crippen LogP contribution in [0.4, 0.5) is 5.82 Å². The Morgan fingerprint density at radius 3 is 2.56 bits per heavy atom. The fourth-order valence-corrected chi connectivity index (χ4v) is 7.02. The number of methoxy groups -OCH3 is 1. The van der Waals surface area contributed by atoms with Gasteiger partial charge >= 0.3 is 0 Å². The molecule has 3 aliphatic rings. The normalized spacial score (nSPS) is 17.6. The van der Waals surface area contributed by atoms with Crippen LogP contribution in [0, 0.1) is 0 Å². The van der Waals surface area contributed by atoms with Crippen LogP contribution in [0.5, 0.6) is 17.2 Å². The lowest BCUT2D eigenvalue weighted by molar-refractivity contribution is -0.122. The van der Waals surface area contributed by atoms with E-state index in [9.17, 15) is 9.59 Å². The third-order valence-corrected chi connectivity index (χ3v) is 9.57. The topological polar surface area (TPSA) is 88.8 Å². The van der Waals surface area contributed by atoms with Gasteiger partial charge in [0.05, 0.1) is 17.6 Å². The predicted molar refractivity (Wildman–Crippen MR) is 178 cm³/mol. The van der Waals surface area contributed by atoms with Gasteiger partial charge in [0.25, 0.3) is 11.5 Å². The van der Waals surface area contributed by atoms with Gasteiger partial charge in [-0.05, 0) is 60.0 Å². The average molecular weight is 642 g/mol. The fourth-order valence-electron chi connectivity index (χ4n) is 5.73. The maximum atomic E-state index is 13.9. The zero-order valence-electron chi connectivity index (χ0n) is 24.7. The molecule has 0 bridgehead atoms. The summed E-state index contributed by atoms with van der Waals surface area (Å²) in [7, 11) is 1.63. The number of ether oxygens (including phenoxy) is 3. The van der Waals surface area contributed by atoms with Crippen LogP contribution in [0.3, 0.4) is 0 Å². The van der Waals surface area contributed by atoms with Crippen LogP contribution < -0.4 is 24.7 Å². The van der Waals surface area contributed by atoms with Crippen LogP contribution in [0.2, 0.25) is 0 Å². The van der Waals surface area contributed by atoms with Gasteiger partial charge < -0.3 is 19.1 Å². The van der Waals surface area contributed by atoms with Gasteiger partial charge in [-0.15, -0.1) is 0 Å². The Labute approximate surface area is 269 Å². The summed E-state index contributed by atoms with van der Waals surface area (Å²) in [5.41, 5.74) is 2.96. The summed E-state index contributed by atoms with van der Waals surface area (Å²) in [6, 6.07) is 19.3. The average Bonchev–Trinajstić information content (AvgIpc) is 3.64. The van der Waals surface area contributed by atoms with Crippen LogP contribution in [-0.2, 0) is 17.8 Å². The molecule has 3 aliphatic heterocycles. The second-order valence-electron chi connectivity index (χ2n) is 11.0. The van der Waals surface area contributed by atoms with E-state index in [2.05, 4.69) is 15.9 Å². The molecule has 0 spiro atoms. The van der Waals surface area contributed by atoms with Gasteiger partial charge in [-0.25, -0.2) is 4.98 Å². The molecule has 0 aliphatic carbocycles. The number of benzene rings is 2. The smallest absolute Gasteiger partial charge is 0.267 e. The van der Waals surface area contributed by atoms with E-state index < -0.39 is 0 Å². The summed E-state index contributed by atoms with van der Waals surface area (Å²) in [4.78, 5) is 38.9. The number of fused-ring (bicyclic) bond motifs is 2. The minimum atomic E-state index is -0.220. The number of thiocarbonyl (C=S) groups is 1. The van der Waals surface area contributed by atoms with Crippen molar-refractivity contribution in [3.05, 3.63) is 98.8 Å². The number of rotatable bonds is 8. The number of hydrogen-bond acceptors (Lipinski definition) is 10. The molecule has 230 valence electrons. The summed E-state index contributed by atoms with van der Waals surface area (Å²) in [5, 5.41) is 0. The Morgan fingerprint density at radius 1 is 0.978 bits per heavy atom. The summed E-state index contributed by atoms with van der Waals surface area (Å²) >= 11 is 6.83. The van der Waals surface area contributed by atoms with Crippen LogP contribution in [0.15, 0.2) is 76.6 Å². The summed E-state index contributed by atoms with van der Waals surface area (Å²) in [6.45, 7) is 4.43. The molecule has 2 aromatic carbocycles. The van der Waals surface area contributed by atoms with Crippen molar-refractivity contribution < 1.29 is 19.0 Å². The second-order valence-corrected chi connectivity index (χ2v) is 12.6. The van der Waals surface area contributed by atoms with Crippen molar-refractivity contribution in [1.82, 2.24) is 19.2 Å². The Morgan fingerprint density at radius 2 is 1.76 bits per heavy atom. The number of thioether (sulfide) groups is 1. The van der Waals surface area contributed by atoms with E-state index in [1.165, 1.54) is 16.2 Å². The van der Waals surface area contributed by atoms with E-state index in [0.29, 0.717) is 52.3 Å². The molecule has 0 N–H and O–H groups in total. The quantitative estimate of drug-likeness (QED) is 0.206. The van der Waals surface area contributed by atoms with Gasteiger partial charge in [0.15, 0.2) is 11.5 Å². The lowest BCUT2D eigenvalue weighted by atomic mass is 10.1. The molecule has 0 saturated carbocycles. The van der Waals surface area contributed by atoms with E-state index in [4.69, 9.17) is 31.4 Å². The zero-order chi connectivity index (χ0) is 30.9. The molecule has 2 fully saturated rings. The first kappa shape index (κ1) is 29.3. The van der Waals surface area contributed by atoms with E-state index in [1.54, 1.807) is 30.3 Å². The molecule has 0 atom stereocenters. The molecule has 12 heteroatoms. The second kappa shape index (κ2) is 12.5. The van der Waals surface area contributed by atoms with Crippen molar-refractivity contribution in [1.29, 1.82) is 0 Å². The predicted octanol–water partition coefficient (Wildman–Crippen LogP) is 4.20. The third-order valence-electron chi connectivity index (χ3n) is 8.20. The molecular weight excluding hydrogens is 611 g/mol. The maximum Gasteiger partial charge on any atom is 0.267 e. The van der Waals surface area contributed by atoms with Crippen LogP contribution in [-0.4, -0.2) is 76.0 Å². The van der Waals surface area contributed by atoms with Gasteiger partial charge in [0, 0.05) is 45.5 Å². The number of aromatic nitrogens is 2. The van der Waals surface area contributed by atoms with Crippen molar-refractivity contribution in [2.45, 2.75) is 13.0 Å². The third kappa shape index (κ3) is 6.00. The molecule has 2 aromatic heterocycles. The molecule has 45 heavy (non-hydrogen) atoms.